The molecule has 28 heavy (non-hydrogen) atoms. The van der Waals surface area contributed by atoms with Crippen molar-refractivity contribution in [2.24, 2.45) is 0 Å². The summed E-state index contributed by atoms with van der Waals surface area (Å²) < 4.78 is 65.3. The Hall–Kier alpha value is -2.30. The molecule has 3 aromatic rings. The highest BCUT2D eigenvalue weighted by atomic mass is 32.2. The van der Waals surface area contributed by atoms with Crippen molar-refractivity contribution in [3.05, 3.63) is 72.6 Å². The molecule has 0 radical (unpaired) electrons. The molecular weight excluding hydrogens is 411 g/mol. The molecule has 0 aliphatic heterocycles. The third kappa shape index (κ3) is 4.94. The van der Waals surface area contributed by atoms with Gasteiger partial charge in [0.25, 0.3) is 0 Å². The van der Waals surface area contributed by atoms with E-state index in [1.54, 1.807) is 17.1 Å². The first-order valence-electron chi connectivity index (χ1n) is 8.06. The molecule has 0 unspecified atom stereocenters. The fourth-order valence-corrected chi connectivity index (χ4v) is 4.20. The third-order valence-corrected chi connectivity index (χ3v) is 6.38. The maximum absolute atomic E-state index is 12.7. The quantitative estimate of drug-likeness (QED) is 0.551. The smallest absolute Gasteiger partial charge is 0.241 e. The molecule has 1 heterocycles. The van der Waals surface area contributed by atoms with Gasteiger partial charge in [-0.05, 0) is 48.2 Å². The maximum Gasteiger partial charge on any atom is 0.446 e. The zero-order chi connectivity index (χ0) is 20.4. The molecule has 0 fully saturated rings. The molecule has 5 nitrogen and oxygen atoms in total. The van der Waals surface area contributed by atoms with Crippen LogP contribution in [0.4, 0.5) is 13.2 Å². The first-order chi connectivity index (χ1) is 13.1. The number of thioether (sulfide) groups is 1. The zero-order valence-corrected chi connectivity index (χ0v) is 16.3. The van der Waals surface area contributed by atoms with Crippen LogP contribution in [0.3, 0.4) is 0 Å². The summed E-state index contributed by atoms with van der Waals surface area (Å²) in [4.78, 5) is -0.143. The fraction of sp³-hybridized carbons (Fsp3) is 0.167. The van der Waals surface area contributed by atoms with Crippen molar-refractivity contribution in [3.8, 4) is 5.69 Å². The number of hydrogen-bond donors (Lipinski definition) is 0. The van der Waals surface area contributed by atoms with E-state index in [1.165, 1.54) is 19.2 Å². The fourth-order valence-electron chi connectivity index (χ4n) is 2.50. The monoisotopic (exact) mass is 427 g/mol. The number of sulfonamides is 1. The molecule has 0 saturated carbocycles. The van der Waals surface area contributed by atoms with Crippen LogP contribution < -0.4 is 0 Å². The largest absolute Gasteiger partial charge is 0.446 e. The molecule has 2 aromatic carbocycles. The Morgan fingerprint density at radius 2 is 1.71 bits per heavy atom. The van der Waals surface area contributed by atoms with Gasteiger partial charge in [-0.25, -0.2) is 13.1 Å². The number of hydrogen-bond acceptors (Lipinski definition) is 4. The molecule has 0 atom stereocenters. The topological polar surface area (TPSA) is 55.2 Å². The van der Waals surface area contributed by atoms with E-state index in [0.29, 0.717) is 5.56 Å². The molecule has 0 spiro atoms. The number of aromatic nitrogens is 2. The molecular formula is C18H16F3N3O2S2. The van der Waals surface area contributed by atoms with Crippen LogP contribution in [0.2, 0.25) is 0 Å². The predicted molar refractivity (Wildman–Crippen MR) is 101 cm³/mol. The standard InChI is InChI=1S/C18H16F3N3O2S2/c1-23(12-14-11-22-24(13-14)15-5-3-2-4-6-15)28(25,26)17-9-7-16(8-10-17)27-18(19,20)21/h2-11,13H,12H2,1H3. The highest BCUT2D eigenvalue weighted by Crippen LogP contribution is 2.37. The van der Waals surface area contributed by atoms with Crippen molar-refractivity contribution < 1.29 is 21.6 Å². The summed E-state index contributed by atoms with van der Waals surface area (Å²) in [5.74, 6) is 0. The van der Waals surface area contributed by atoms with E-state index in [9.17, 15) is 21.6 Å². The van der Waals surface area contributed by atoms with Crippen molar-refractivity contribution >= 4 is 21.8 Å². The van der Waals surface area contributed by atoms with Gasteiger partial charge in [0.1, 0.15) is 0 Å². The first-order valence-corrected chi connectivity index (χ1v) is 10.3. The van der Waals surface area contributed by atoms with E-state index in [2.05, 4.69) is 5.10 Å². The molecule has 0 aliphatic rings. The highest BCUT2D eigenvalue weighted by molar-refractivity contribution is 8.00. The van der Waals surface area contributed by atoms with E-state index in [4.69, 9.17) is 0 Å². The van der Waals surface area contributed by atoms with E-state index in [-0.39, 0.29) is 28.1 Å². The van der Waals surface area contributed by atoms with Crippen molar-refractivity contribution in [1.29, 1.82) is 0 Å². The predicted octanol–water partition coefficient (Wildman–Crippen LogP) is 4.30. The Labute approximate surface area is 164 Å². The molecule has 10 heteroatoms. The summed E-state index contributed by atoms with van der Waals surface area (Å²) in [7, 11) is -2.44. The van der Waals surface area contributed by atoms with Gasteiger partial charge in [-0.2, -0.15) is 22.6 Å². The van der Waals surface area contributed by atoms with E-state index in [0.717, 1.165) is 22.1 Å². The van der Waals surface area contributed by atoms with Gasteiger partial charge in [0.2, 0.25) is 10.0 Å². The van der Waals surface area contributed by atoms with Crippen LogP contribution in [0.1, 0.15) is 5.56 Å². The molecule has 0 amide bonds. The van der Waals surface area contributed by atoms with Gasteiger partial charge in [0.15, 0.2) is 0 Å². The second kappa shape index (κ2) is 7.98. The molecule has 0 aliphatic carbocycles. The minimum absolute atomic E-state index is 0.0711. The summed E-state index contributed by atoms with van der Waals surface area (Å²) in [6.07, 6.45) is 3.30. The van der Waals surface area contributed by atoms with Gasteiger partial charge in [0, 0.05) is 30.2 Å². The van der Waals surface area contributed by atoms with Crippen LogP contribution in [-0.2, 0) is 16.6 Å². The lowest BCUT2D eigenvalue weighted by Crippen LogP contribution is -2.26. The van der Waals surface area contributed by atoms with Crippen molar-refractivity contribution in [3.63, 3.8) is 0 Å². The van der Waals surface area contributed by atoms with Gasteiger partial charge >= 0.3 is 5.51 Å². The Kier molecular flexibility index (Phi) is 5.82. The molecule has 1 aromatic heterocycles. The van der Waals surface area contributed by atoms with Gasteiger partial charge in [0.05, 0.1) is 16.8 Å². The summed E-state index contributed by atoms with van der Waals surface area (Å²) in [5.41, 5.74) is -2.90. The summed E-state index contributed by atoms with van der Waals surface area (Å²) in [6, 6.07) is 14.0. The van der Waals surface area contributed by atoms with Gasteiger partial charge < -0.3 is 0 Å². The average molecular weight is 427 g/mol. The summed E-state index contributed by atoms with van der Waals surface area (Å²) in [5, 5.41) is 4.23. The number of para-hydroxylation sites is 1. The molecule has 0 N–H and O–H groups in total. The van der Waals surface area contributed by atoms with Gasteiger partial charge in [-0.3, -0.25) is 0 Å². The molecule has 0 bridgehead atoms. The average Bonchev–Trinajstić information content (AvgIpc) is 3.10. The Bertz CT molecular complexity index is 1030. The Morgan fingerprint density at radius 3 is 2.32 bits per heavy atom. The SMILES string of the molecule is CN(Cc1cnn(-c2ccccc2)c1)S(=O)(=O)c1ccc(SC(F)(F)F)cc1. The molecule has 0 saturated heterocycles. The third-order valence-electron chi connectivity index (χ3n) is 3.83. The van der Waals surface area contributed by atoms with Crippen LogP contribution in [0, 0.1) is 0 Å². The lowest BCUT2D eigenvalue weighted by molar-refractivity contribution is -0.0328. The van der Waals surface area contributed by atoms with Crippen LogP contribution in [0.5, 0.6) is 0 Å². The molecule has 148 valence electrons. The van der Waals surface area contributed by atoms with Crippen LogP contribution in [0.15, 0.2) is 76.8 Å². The Balaban J connectivity index is 1.73. The van der Waals surface area contributed by atoms with Crippen molar-refractivity contribution in [2.75, 3.05) is 7.05 Å². The highest BCUT2D eigenvalue weighted by Gasteiger charge is 2.29. The number of rotatable bonds is 6. The van der Waals surface area contributed by atoms with E-state index < -0.39 is 15.5 Å². The van der Waals surface area contributed by atoms with E-state index >= 15 is 0 Å². The lowest BCUT2D eigenvalue weighted by atomic mass is 10.3. The Morgan fingerprint density at radius 1 is 1.07 bits per heavy atom. The second-order valence-electron chi connectivity index (χ2n) is 5.91. The number of halogens is 3. The normalized spacial score (nSPS) is 12.5. The van der Waals surface area contributed by atoms with Crippen molar-refractivity contribution in [2.45, 2.75) is 21.8 Å². The maximum atomic E-state index is 12.7. The lowest BCUT2D eigenvalue weighted by Gasteiger charge is -2.16. The minimum Gasteiger partial charge on any atom is -0.241 e. The van der Waals surface area contributed by atoms with Crippen LogP contribution in [0.25, 0.3) is 5.69 Å². The van der Waals surface area contributed by atoms with Crippen molar-refractivity contribution in [1.82, 2.24) is 14.1 Å². The summed E-state index contributed by atoms with van der Waals surface area (Å²) >= 11 is -0.288. The molecule has 3 rings (SSSR count). The van der Waals surface area contributed by atoms with Crippen LogP contribution >= 0.6 is 11.8 Å². The first kappa shape index (κ1) is 20.4. The zero-order valence-electron chi connectivity index (χ0n) is 14.7. The second-order valence-corrected chi connectivity index (χ2v) is 9.09. The van der Waals surface area contributed by atoms with Crippen LogP contribution in [-0.4, -0.2) is 35.1 Å². The van der Waals surface area contributed by atoms with Gasteiger partial charge in [-0.1, -0.05) is 18.2 Å². The number of benzene rings is 2. The van der Waals surface area contributed by atoms with Gasteiger partial charge in [-0.15, -0.1) is 0 Å². The van der Waals surface area contributed by atoms with E-state index in [1.807, 2.05) is 30.3 Å². The number of nitrogens with zero attached hydrogens (tertiary/aromatic N) is 3. The summed E-state index contributed by atoms with van der Waals surface area (Å²) in [6.45, 7) is 0.0776. The minimum atomic E-state index is -4.42. The number of alkyl halides is 3.